The summed E-state index contributed by atoms with van der Waals surface area (Å²) in [5.74, 6) is 0. The van der Waals surface area contributed by atoms with Crippen LogP contribution < -0.4 is 0 Å². The van der Waals surface area contributed by atoms with E-state index in [1.54, 1.807) is 19.2 Å². The summed E-state index contributed by atoms with van der Waals surface area (Å²) in [5.41, 5.74) is 0.966. The lowest BCUT2D eigenvalue weighted by Crippen LogP contribution is -2.01. The standard InChI is InChI=1S/C11H15ClO3S/c1-3-4-11(15-2)9-5-7-10(8-6-9)16(12,13)14/h5-8,11H,3-4H2,1-2H3/t11-/m1/s1. The molecule has 1 aromatic carbocycles. The Morgan fingerprint density at radius 1 is 1.31 bits per heavy atom. The van der Waals surface area contributed by atoms with Crippen LogP contribution in [-0.2, 0) is 13.8 Å². The third kappa shape index (κ3) is 3.47. The van der Waals surface area contributed by atoms with Crippen molar-refractivity contribution in [3.05, 3.63) is 29.8 Å². The highest BCUT2D eigenvalue weighted by Crippen LogP contribution is 2.24. The summed E-state index contributed by atoms with van der Waals surface area (Å²) < 4.78 is 27.4. The van der Waals surface area contributed by atoms with Gasteiger partial charge in [0.05, 0.1) is 11.0 Å². The molecule has 0 saturated carbocycles. The summed E-state index contributed by atoms with van der Waals surface area (Å²) in [7, 11) is 3.24. The maximum absolute atomic E-state index is 11.0. The van der Waals surface area contributed by atoms with E-state index in [2.05, 4.69) is 6.92 Å². The van der Waals surface area contributed by atoms with Crippen molar-refractivity contribution in [2.75, 3.05) is 7.11 Å². The minimum absolute atomic E-state index is 0.0112. The lowest BCUT2D eigenvalue weighted by molar-refractivity contribution is 0.0949. The van der Waals surface area contributed by atoms with Crippen LogP contribution in [0.25, 0.3) is 0 Å². The Labute approximate surface area is 101 Å². The predicted molar refractivity (Wildman–Crippen MR) is 64.1 cm³/mol. The molecular weight excluding hydrogens is 248 g/mol. The topological polar surface area (TPSA) is 43.4 Å². The van der Waals surface area contributed by atoms with Gasteiger partial charge in [-0.1, -0.05) is 25.5 Å². The molecule has 1 aromatic rings. The Morgan fingerprint density at radius 3 is 2.25 bits per heavy atom. The summed E-state index contributed by atoms with van der Waals surface area (Å²) >= 11 is 0. The quantitative estimate of drug-likeness (QED) is 0.766. The van der Waals surface area contributed by atoms with Crippen LogP contribution in [0.2, 0.25) is 0 Å². The van der Waals surface area contributed by atoms with E-state index in [4.69, 9.17) is 15.4 Å². The monoisotopic (exact) mass is 262 g/mol. The van der Waals surface area contributed by atoms with Gasteiger partial charge in [0.2, 0.25) is 0 Å². The molecule has 1 rings (SSSR count). The smallest absolute Gasteiger partial charge is 0.261 e. The molecule has 0 aliphatic carbocycles. The van der Waals surface area contributed by atoms with E-state index in [0.29, 0.717) is 0 Å². The first-order valence-electron chi connectivity index (χ1n) is 5.06. The van der Waals surface area contributed by atoms with Crippen LogP contribution in [-0.4, -0.2) is 15.5 Å². The van der Waals surface area contributed by atoms with Gasteiger partial charge in [0.1, 0.15) is 0 Å². The Balaban J connectivity index is 2.93. The lowest BCUT2D eigenvalue weighted by atomic mass is 10.1. The van der Waals surface area contributed by atoms with Crippen molar-refractivity contribution >= 4 is 19.7 Å². The first-order chi connectivity index (χ1) is 7.49. The molecule has 0 radical (unpaired) electrons. The van der Waals surface area contributed by atoms with Crippen LogP contribution in [0, 0.1) is 0 Å². The van der Waals surface area contributed by atoms with Crippen LogP contribution in [0.1, 0.15) is 31.4 Å². The van der Waals surface area contributed by atoms with Crippen LogP contribution >= 0.6 is 10.7 Å². The molecule has 0 spiro atoms. The fourth-order valence-electron chi connectivity index (χ4n) is 1.53. The molecule has 0 aromatic heterocycles. The number of hydrogen-bond acceptors (Lipinski definition) is 3. The van der Waals surface area contributed by atoms with Gasteiger partial charge in [0.15, 0.2) is 0 Å². The second kappa shape index (κ2) is 5.66. The van der Waals surface area contributed by atoms with Crippen molar-refractivity contribution in [1.29, 1.82) is 0 Å². The normalized spacial score (nSPS) is 13.7. The van der Waals surface area contributed by atoms with Gasteiger partial charge in [-0.15, -0.1) is 0 Å². The molecule has 16 heavy (non-hydrogen) atoms. The number of rotatable bonds is 5. The highest BCUT2D eigenvalue weighted by molar-refractivity contribution is 8.13. The molecule has 0 bridgehead atoms. The second-order valence-electron chi connectivity index (χ2n) is 3.52. The number of hydrogen-bond donors (Lipinski definition) is 0. The molecule has 0 aliphatic heterocycles. The van der Waals surface area contributed by atoms with Gasteiger partial charge in [-0.3, -0.25) is 0 Å². The average molecular weight is 263 g/mol. The van der Waals surface area contributed by atoms with Gasteiger partial charge < -0.3 is 4.74 Å². The molecule has 0 fully saturated rings. The first-order valence-corrected chi connectivity index (χ1v) is 7.37. The summed E-state index contributed by atoms with van der Waals surface area (Å²) in [6, 6.07) is 6.47. The molecule has 0 saturated heterocycles. The molecule has 5 heteroatoms. The highest BCUT2D eigenvalue weighted by Gasteiger charge is 2.12. The highest BCUT2D eigenvalue weighted by atomic mass is 35.7. The van der Waals surface area contributed by atoms with Crippen molar-refractivity contribution < 1.29 is 13.2 Å². The predicted octanol–water partition coefficient (Wildman–Crippen LogP) is 3.10. The molecule has 0 heterocycles. The van der Waals surface area contributed by atoms with Crippen LogP contribution in [0.15, 0.2) is 29.2 Å². The molecular formula is C11H15ClO3S. The van der Waals surface area contributed by atoms with Crippen LogP contribution in [0.3, 0.4) is 0 Å². The van der Waals surface area contributed by atoms with E-state index < -0.39 is 9.05 Å². The average Bonchev–Trinajstić information content (AvgIpc) is 2.25. The fourth-order valence-corrected chi connectivity index (χ4v) is 2.30. The summed E-state index contributed by atoms with van der Waals surface area (Å²) in [6.45, 7) is 2.07. The largest absolute Gasteiger partial charge is 0.377 e. The lowest BCUT2D eigenvalue weighted by Gasteiger charge is -2.14. The number of methoxy groups -OCH3 is 1. The number of ether oxygens (including phenoxy) is 1. The molecule has 0 aliphatic rings. The van der Waals surface area contributed by atoms with Crippen molar-refractivity contribution in [3.8, 4) is 0 Å². The Hall–Kier alpha value is -0.580. The van der Waals surface area contributed by atoms with Gasteiger partial charge in [0.25, 0.3) is 9.05 Å². The maximum Gasteiger partial charge on any atom is 0.261 e. The zero-order valence-corrected chi connectivity index (χ0v) is 10.9. The molecule has 3 nitrogen and oxygen atoms in total. The number of benzene rings is 1. The summed E-state index contributed by atoms with van der Waals surface area (Å²) in [4.78, 5) is 0.115. The zero-order valence-electron chi connectivity index (χ0n) is 9.31. The Kier molecular flexibility index (Phi) is 4.77. The third-order valence-electron chi connectivity index (χ3n) is 2.37. The fraction of sp³-hybridized carbons (Fsp3) is 0.455. The Bertz CT molecular complexity index is 425. The van der Waals surface area contributed by atoms with Crippen LogP contribution in [0.4, 0.5) is 0 Å². The van der Waals surface area contributed by atoms with Gasteiger partial charge >= 0.3 is 0 Å². The summed E-state index contributed by atoms with van der Waals surface area (Å²) in [5, 5.41) is 0. The number of halogens is 1. The van der Waals surface area contributed by atoms with E-state index in [0.717, 1.165) is 18.4 Å². The molecule has 1 atom stereocenters. The molecule has 0 N–H and O–H groups in total. The first kappa shape index (κ1) is 13.5. The molecule has 90 valence electrons. The third-order valence-corrected chi connectivity index (χ3v) is 3.74. The molecule has 0 amide bonds. The SMILES string of the molecule is CCC[C@@H](OC)c1ccc(S(=O)(=O)Cl)cc1. The van der Waals surface area contributed by atoms with Gasteiger partial charge in [-0.2, -0.15) is 0 Å². The van der Waals surface area contributed by atoms with Crippen molar-refractivity contribution in [2.45, 2.75) is 30.8 Å². The van der Waals surface area contributed by atoms with Gasteiger partial charge in [-0.25, -0.2) is 8.42 Å². The van der Waals surface area contributed by atoms with Crippen molar-refractivity contribution in [1.82, 2.24) is 0 Å². The van der Waals surface area contributed by atoms with E-state index >= 15 is 0 Å². The van der Waals surface area contributed by atoms with E-state index in [1.165, 1.54) is 12.1 Å². The van der Waals surface area contributed by atoms with Gasteiger partial charge in [0, 0.05) is 17.8 Å². The second-order valence-corrected chi connectivity index (χ2v) is 6.09. The summed E-state index contributed by atoms with van der Waals surface area (Å²) in [6.07, 6.45) is 1.93. The van der Waals surface area contributed by atoms with Crippen molar-refractivity contribution in [2.24, 2.45) is 0 Å². The van der Waals surface area contributed by atoms with E-state index in [-0.39, 0.29) is 11.0 Å². The minimum atomic E-state index is -3.63. The van der Waals surface area contributed by atoms with E-state index in [1.807, 2.05) is 0 Å². The minimum Gasteiger partial charge on any atom is -0.377 e. The van der Waals surface area contributed by atoms with Crippen molar-refractivity contribution in [3.63, 3.8) is 0 Å². The van der Waals surface area contributed by atoms with E-state index in [9.17, 15) is 8.42 Å². The van der Waals surface area contributed by atoms with Gasteiger partial charge in [-0.05, 0) is 24.1 Å². The Morgan fingerprint density at radius 2 is 1.88 bits per heavy atom. The molecule has 0 unspecified atom stereocenters. The van der Waals surface area contributed by atoms with Crippen LogP contribution in [0.5, 0.6) is 0 Å². The maximum atomic E-state index is 11.0. The zero-order chi connectivity index (χ0) is 12.2.